The summed E-state index contributed by atoms with van der Waals surface area (Å²) in [5.74, 6) is 0.712. The normalized spacial score (nSPS) is 12.6. The fourth-order valence-corrected chi connectivity index (χ4v) is 2.67. The molecule has 0 saturated carbocycles. The van der Waals surface area contributed by atoms with Crippen molar-refractivity contribution >= 4 is 10.9 Å². The summed E-state index contributed by atoms with van der Waals surface area (Å²) >= 11 is 0. The van der Waals surface area contributed by atoms with E-state index in [2.05, 4.69) is 4.98 Å². The van der Waals surface area contributed by atoms with Crippen molar-refractivity contribution in [1.82, 2.24) is 9.55 Å². The molecular weight excluding hydrogens is 280 g/mol. The van der Waals surface area contributed by atoms with Crippen LogP contribution >= 0.6 is 0 Å². The van der Waals surface area contributed by atoms with E-state index in [1.165, 1.54) is 0 Å². The molecule has 0 aliphatic rings. The van der Waals surface area contributed by atoms with Gasteiger partial charge in [0.2, 0.25) is 0 Å². The zero-order valence-electron chi connectivity index (χ0n) is 12.4. The monoisotopic (exact) mass is 298 g/mol. The van der Waals surface area contributed by atoms with Crippen molar-refractivity contribution in [2.45, 2.75) is 19.9 Å². The van der Waals surface area contributed by atoms with Gasteiger partial charge in [0.05, 0.1) is 23.5 Å². The molecule has 0 saturated heterocycles. The number of aromatic nitrogens is 2. The number of furan rings is 1. The van der Waals surface area contributed by atoms with Crippen LogP contribution in [-0.4, -0.2) is 21.3 Å². The molecule has 2 heterocycles. The van der Waals surface area contributed by atoms with Gasteiger partial charge in [-0.05, 0) is 30.7 Å². The number of hydrogen-bond acceptors (Lipinski definition) is 4. The molecule has 2 aromatic heterocycles. The van der Waals surface area contributed by atoms with Gasteiger partial charge in [0, 0.05) is 25.5 Å². The maximum absolute atomic E-state index is 12.6. The Morgan fingerprint density at radius 2 is 2.18 bits per heavy atom. The lowest BCUT2D eigenvalue weighted by Gasteiger charge is -2.15. The number of aliphatic hydroxyl groups is 1. The molecule has 0 aliphatic carbocycles. The summed E-state index contributed by atoms with van der Waals surface area (Å²) in [5.41, 5.74) is 1.55. The third kappa shape index (κ3) is 2.80. The maximum Gasteiger partial charge on any atom is 0.261 e. The molecule has 5 heteroatoms. The lowest BCUT2D eigenvalue weighted by molar-refractivity contribution is 0.203. The Balaban J connectivity index is 1.91. The fourth-order valence-electron chi connectivity index (χ4n) is 2.67. The summed E-state index contributed by atoms with van der Waals surface area (Å²) in [7, 11) is 0. The van der Waals surface area contributed by atoms with E-state index >= 15 is 0 Å². The number of fused-ring (bicyclic) bond motifs is 1. The van der Waals surface area contributed by atoms with Gasteiger partial charge in [0.15, 0.2) is 0 Å². The van der Waals surface area contributed by atoms with Crippen molar-refractivity contribution in [2.75, 3.05) is 6.61 Å². The van der Waals surface area contributed by atoms with E-state index in [4.69, 9.17) is 4.42 Å². The fraction of sp³-hybridized carbons (Fsp3) is 0.294. The number of nitrogens with zero attached hydrogens (tertiary/aromatic N) is 2. The highest BCUT2D eigenvalue weighted by Crippen LogP contribution is 2.14. The Hall–Kier alpha value is -2.40. The molecule has 3 rings (SSSR count). The molecule has 1 aromatic carbocycles. The number of aliphatic hydroxyl groups excluding tert-OH is 1. The van der Waals surface area contributed by atoms with E-state index in [-0.39, 0.29) is 18.1 Å². The van der Waals surface area contributed by atoms with Crippen molar-refractivity contribution in [3.63, 3.8) is 0 Å². The van der Waals surface area contributed by atoms with Gasteiger partial charge in [0.1, 0.15) is 5.76 Å². The first-order chi connectivity index (χ1) is 10.7. The number of rotatable bonds is 5. The highest BCUT2D eigenvalue weighted by Gasteiger charge is 2.14. The van der Waals surface area contributed by atoms with Crippen LogP contribution in [0, 0.1) is 12.8 Å². The molecule has 1 atom stereocenters. The number of hydrogen-bond donors (Lipinski definition) is 1. The van der Waals surface area contributed by atoms with Crippen molar-refractivity contribution in [1.29, 1.82) is 0 Å². The van der Waals surface area contributed by atoms with Crippen LogP contribution in [0.4, 0.5) is 0 Å². The SMILES string of the molecule is Cc1cccc2ncn(C[C@@H](CO)Cc3ccco3)c(=O)c12. The second-order valence-electron chi connectivity index (χ2n) is 5.50. The van der Waals surface area contributed by atoms with E-state index in [9.17, 15) is 9.90 Å². The summed E-state index contributed by atoms with van der Waals surface area (Å²) in [6.45, 7) is 2.30. The van der Waals surface area contributed by atoms with Crippen LogP contribution in [0.5, 0.6) is 0 Å². The Bertz CT molecular complexity index is 822. The first-order valence-electron chi connectivity index (χ1n) is 7.27. The third-order valence-corrected chi connectivity index (χ3v) is 3.84. The van der Waals surface area contributed by atoms with Crippen molar-refractivity contribution in [2.24, 2.45) is 5.92 Å². The van der Waals surface area contributed by atoms with E-state index in [1.54, 1.807) is 17.2 Å². The first-order valence-corrected chi connectivity index (χ1v) is 7.27. The Morgan fingerprint density at radius 3 is 2.91 bits per heavy atom. The predicted molar refractivity (Wildman–Crippen MR) is 83.7 cm³/mol. The van der Waals surface area contributed by atoms with Gasteiger partial charge in [-0.2, -0.15) is 0 Å². The summed E-state index contributed by atoms with van der Waals surface area (Å²) in [6.07, 6.45) is 3.74. The molecule has 22 heavy (non-hydrogen) atoms. The first kappa shape index (κ1) is 14.5. The van der Waals surface area contributed by atoms with Gasteiger partial charge in [0.25, 0.3) is 5.56 Å². The van der Waals surface area contributed by atoms with Crippen LogP contribution in [0.3, 0.4) is 0 Å². The highest BCUT2D eigenvalue weighted by molar-refractivity contribution is 5.80. The van der Waals surface area contributed by atoms with Crippen LogP contribution in [0.15, 0.2) is 52.1 Å². The topological polar surface area (TPSA) is 68.3 Å². The summed E-state index contributed by atoms with van der Waals surface area (Å²) < 4.78 is 6.88. The van der Waals surface area contributed by atoms with E-state index in [0.717, 1.165) is 11.3 Å². The molecule has 3 aromatic rings. The molecule has 0 spiro atoms. The van der Waals surface area contributed by atoms with Crippen molar-refractivity contribution in [3.05, 3.63) is 64.6 Å². The number of aryl methyl sites for hydroxylation is 1. The summed E-state index contributed by atoms with van der Waals surface area (Å²) in [4.78, 5) is 17.0. The van der Waals surface area contributed by atoms with E-state index < -0.39 is 0 Å². The van der Waals surface area contributed by atoms with Crippen molar-refractivity contribution in [3.8, 4) is 0 Å². The summed E-state index contributed by atoms with van der Waals surface area (Å²) in [5, 5.41) is 10.2. The molecule has 0 fully saturated rings. The van der Waals surface area contributed by atoms with Gasteiger partial charge >= 0.3 is 0 Å². The Morgan fingerprint density at radius 1 is 1.32 bits per heavy atom. The quantitative estimate of drug-likeness (QED) is 0.783. The molecule has 0 unspecified atom stereocenters. The average molecular weight is 298 g/mol. The summed E-state index contributed by atoms with van der Waals surface area (Å²) in [6, 6.07) is 9.32. The second-order valence-corrected chi connectivity index (χ2v) is 5.50. The molecule has 1 N–H and O–H groups in total. The minimum Gasteiger partial charge on any atom is -0.469 e. The van der Waals surface area contributed by atoms with Gasteiger partial charge in [-0.3, -0.25) is 9.36 Å². The largest absolute Gasteiger partial charge is 0.469 e. The van der Waals surface area contributed by atoms with Crippen LogP contribution in [0.25, 0.3) is 10.9 Å². The van der Waals surface area contributed by atoms with Gasteiger partial charge in [-0.25, -0.2) is 4.98 Å². The van der Waals surface area contributed by atoms with Crippen LogP contribution in [-0.2, 0) is 13.0 Å². The lowest BCUT2D eigenvalue weighted by Crippen LogP contribution is -2.27. The van der Waals surface area contributed by atoms with E-state index in [0.29, 0.717) is 23.9 Å². The zero-order valence-corrected chi connectivity index (χ0v) is 12.4. The van der Waals surface area contributed by atoms with Gasteiger partial charge in [-0.15, -0.1) is 0 Å². The number of benzene rings is 1. The molecular formula is C17H18N2O3. The molecule has 0 aliphatic heterocycles. The minimum absolute atomic E-state index is 0.0149. The standard InChI is InChI=1S/C17H18N2O3/c1-12-4-2-6-15-16(12)17(21)19(11-18-15)9-13(10-20)8-14-5-3-7-22-14/h2-7,11,13,20H,8-10H2,1H3/t13-/m0/s1. The molecule has 0 radical (unpaired) electrons. The Labute approximate surface area is 127 Å². The van der Waals surface area contributed by atoms with Crippen LogP contribution in [0.2, 0.25) is 0 Å². The second kappa shape index (κ2) is 6.15. The molecule has 114 valence electrons. The Kier molecular flexibility index (Phi) is 4.06. The lowest BCUT2D eigenvalue weighted by atomic mass is 10.0. The molecule has 5 nitrogen and oxygen atoms in total. The molecule has 0 bridgehead atoms. The van der Waals surface area contributed by atoms with Crippen LogP contribution < -0.4 is 5.56 Å². The molecule has 0 amide bonds. The maximum atomic E-state index is 12.6. The average Bonchev–Trinajstić information content (AvgIpc) is 3.02. The van der Waals surface area contributed by atoms with Gasteiger partial charge in [-0.1, -0.05) is 12.1 Å². The van der Waals surface area contributed by atoms with E-state index in [1.807, 2.05) is 37.3 Å². The minimum atomic E-state index is -0.0906. The van der Waals surface area contributed by atoms with Crippen molar-refractivity contribution < 1.29 is 9.52 Å². The van der Waals surface area contributed by atoms with Crippen LogP contribution in [0.1, 0.15) is 11.3 Å². The third-order valence-electron chi connectivity index (χ3n) is 3.84. The predicted octanol–water partition coefficient (Wildman–Crippen LogP) is 2.15. The smallest absolute Gasteiger partial charge is 0.261 e. The highest BCUT2D eigenvalue weighted by atomic mass is 16.3. The zero-order chi connectivity index (χ0) is 15.5. The van der Waals surface area contributed by atoms with Gasteiger partial charge < -0.3 is 9.52 Å².